The molecule has 0 aromatic carbocycles. The summed E-state index contributed by atoms with van der Waals surface area (Å²) in [6.07, 6.45) is 3.05. The molecular weight excluding hydrogens is 211 g/mol. The first kappa shape index (κ1) is 8.65. The third kappa shape index (κ3) is 1.59. The minimum absolute atomic E-state index is 0.0803. The fraction of sp³-hybridized carbons (Fsp3) is 0.375. The lowest BCUT2D eigenvalue weighted by Gasteiger charge is -2.13. The maximum absolute atomic E-state index is 12.9. The topological polar surface area (TPSA) is 17.1 Å². The van der Waals surface area contributed by atoms with Crippen LogP contribution in [-0.4, -0.2) is 10.6 Å². The van der Waals surface area contributed by atoms with E-state index in [9.17, 15) is 9.18 Å². The molecule has 0 aromatic rings. The first-order valence-corrected chi connectivity index (χ1v) is 4.33. The molecule has 0 saturated heterocycles. The van der Waals surface area contributed by atoms with E-state index in [0.29, 0.717) is 12.0 Å². The maximum Gasteiger partial charge on any atom is 0.173 e. The van der Waals surface area contributed by atoms with Gasteiger partial charge in [0.2, 0.25) is 0 Å². The predicted octanol–water partition coefficient (Wildman–Crippen LogP) is 2.52. The Bertz CT molecular complexity index is 242. The van der Waals surface area contributed by atoms with E-state index in [0.717, 1.165) is 0 Å². The Morgan fingerprint density at radius 1 is 1.64 bits per heavy atom. The summed E-state index contributed by atoms with van der Waals surface area (Å²) < 4.78 is 12.9. The molecule has 0 saturated carbocycles. The Morgan fingerprint density at radius 3 is 2.73 bits per heavy atom. The quantitative estimate of drug-likeness (QED) is 0.619. The summed E-state index contributed by atoms with van der Waals surface area (Å²) >= 11 is 3.12. The Hall–Kier alpha value is -0.440. The number of ketones is 1. The largest absolute Gasteiger partial charge is 0.293 e. The van der Waals surface area contributed by atoms with Crippen molar-refractivity contribution >= 4 is 21.7 Å². The van der Waals surface area contributed by atoms with Gasteiger partial charge < -0.3 is 0 Å². The van der Waals surface area contributed by atoms with E-state index in [1.807, 2.05) is 6.92 Å². The summed E-state index contributed by atoms with van der Waals surface area (Å²) in [6, 6.07) is 0. The molecule has 0 bridgehead atoms. The molecule has 0 heterocycles. The van der Waals surface area contributed by atoms with Gasteiger partial charge in [0.05, 0.1) is 0 Å². The first-order chi connectivity index (χ1) is 5.16. The summed E-state index contributed by atoms with van der Waals surface area (Å²) in [7, 11) is 0. The van der Waals surface area contributed by atoms with E-state index < -0.39 is 4.83 Å². The van der Waals surface area contributed by atoms with Gasteiger partial charge in [-0.15, -0.1) is 0 Å². The van der Waals surface area contributed by atoms with E-state index in [1.165, 1.54) is 12.2 Å². The van der Waals surface area contributed by atoms with Crippen molar-refractivity contribution < 1.29 is 9.18 Å². The van der Waals surface area contributed by atoms with Gasteiger partial charge in [0.15, 0.2) is 5.78 Å². The third-order valence-corrected chi connectivity index (χ3v) is 2.64. The molecule has 1 aliphatic carbocycles. The molecular formula is C8H8BrFO. The molecule has 0 N–H and O–H groups in total. The zero-order valence-electron chi connectivity index (χ0n) is 6.10. The summed E-state index contributed by atoms with van der Waals surface area (Å²) in [5, 5.41) is 0. The van der Waals surface area contributed by atoms with E-state index in [-0.39, 0.29) is 11.6 Å². The standard InChI is InChI=1S/C8H8BrFO/c1-2-5-6(10)3-4-7(11)8(5)9/h3-4,8H,2H2,1H3. The molecule has 0 aromatic heterocycles. The monoisotopic (exact) mass is 218 g/mol. The lowest BCUT2D eigenvalue weighted by molar-refractivity contribution is -0.113. The van der Waals surface area contributed by atoms with Crippen molar-refractivity contribution in [1.29, 1.82) is 0 Å². The van der Waals surface area contributed by atoms with Gasteiger partial charge in [0, 0.05) is 0 Å². The van der Waals surface area contributed by atoms with Gasteiger partial charge in [-0.3, -0.25) is 4.79 Å². The van der Waals surface area contributed by atoms with Crippen LogP contribution in [0.3, 0.4) is 0 Å². The fourth-order valence-corrected chi connectivity index (χ4v) is 1.68. The molecule has 1 aliphatic rings. The minimum atomic E-state index is -0.447. The van der Waals surface area contributed by atoms with E-state index in [1.54, 1.807) is 0 Å². The van der Waals surface area contributed by atoms with Crippen molar-refractivity contribution in [3.05, 3.63) is 23.6 Å². The summed E-state index contributed by atoms with van der Waals surface area (Å²) in [6.45, 7) is 1.83. The number of rotatable bonds is 1. The molecule has 1 atom stereocenters. The summed E-state index contributed by atoms with van der Waals surface area (Å²) in [5.41, 5.74) is 0.539. The molecule has 1 unspecified atom stereocenters. The Labute approximate surface area is 73.1 Å². The van der Waals surface area contributed by atoms with E-state index in [2.05, 4.69) is 15.9 Å². The number of hydrogen-bond acceptors (Lipinski definition) is 1. The van der Waals surface area contributed by atoms with Gasteiger partial charge in [-0.25, -0.2) is 4.39 Å². The molecule has 0 spiro atoms. The Kier molecular flexibility index (Phi) is 2.60. The average molecular weight is 219 g/mol. The molecule has 1 rings (SSSR count). The van der Waals surface area contributed by atoms with E-state index in [4.69, 9.17) is 0 Å². The molecule has 1 nitrogen and oxygen atoms in total. The summed E-state index contributed by atoms with van der Waals surface area (Å²) in [4.78, 5) is 10.5. The van der Waals surface area contributed by atoms with Crippen molar-refractivity contribution in [2.45, 2.75) is 18.2 Å². The van der Waals surface area contributed by atoms with Gasteiger partial charge in [0.1, 0.15) is 10.7 Å². The number of carbonyl (C=O) groups is 1. The van der Waals surface area contributed by atoms with E-state index >= 15 is 0 Å². The molecule has 0 amide bonds. The van der Waals surface area contributed by atoms with Crippen LogP contribution in [0.15, 0.2) is 23.6 Å². The van der Waals surface area contributed by atoms with Crippen molar-refractivity contribution in [1.82, 2.24) is 0 Å². The van der Waals surface area contributed by atoms with Crippen LogP contribution in [0.5, 0.6) is 0 Å². The highest BCUT2D eigenvalue weighted by molar-refractivity contribution is 9.10. The first-order valence-electron chi connectivity index (χ1n) is 3.41. The number of halogens is 2. The van der Waals surface area contributed by atoms with Gasteiger partial charge in [-0.2, -0.15) is 0 Å². The van der Waals surface area contributed by atoms with Crippen molar-refractivity contribution in [2.24, 2.45) is 0 Å². The van der Waals surface area contributed by atoms with Crippen LogP contribution in [0.4, 0.5) is 4.39 Å². The normalized spacial score (nSPS) is 24.6. The molecule has 11 heavy (non-hydrogen) atoms. The van der Waals surface area contributed by atoms with Gasteiger partial charge in [0.25, 0.3) is 0 Å². The third-order valence-electron chi connectivity index (χ3n) is 1.64. The fourth-order valence-electron chi connectivity index (χ4n) is 0.988. The van der Waals surface area contributed by atoms with Crippen LogP contribution >= 0.6 is 15.9 Å². The van der Waals surface area contributed by atoms with Crippen LogP contribution < -0.4 is 0 Å². The van der Waals surface area contributed by atoms with Gasteiger partial charge in [-0.1, -0.05) is 22.9 Å². The second-order valence-corrected chi connectivity index (χ2v) is 3.24. The lowest BCUT2D eigenvalue weighted by atomic mass is 10.0. The zero-order chi connectivity index (χ0) is 8.43. The zero-order valence-corrected chi connectivity index (χ0v) is 7.69. The Morgan fingerprint density at radius 2 is 2.27 bits per heavy atom. The number of hydrogen-bond donors (Lipinski definition) is 0. The molecule has 3 heteroatoms. The number of alkyl halides is 1. The van der Waals surface area contributed by atoms with Crippen LogP contribution in [0, 0.1) is 0 Å². The minimum Gasteiger partial charge on any atom is -0.293 e. The average Bonchev–Trinajstić information content (AvgIpc) is 1.99. The summed E-state index contributed by atoms with van der Waals surface area (Å²) in [5.74, 6) is -0.364. The molecule has 0 fully saturated rings. The second kappa shape index (κ2) is 3.30. The van der Waals surface area contributed by atoms with Gasteiger partial charge >= 0.3 is 0 Å². The highest BCUT2D eigenvalue weighted by Gasteiger charge is 2.22. The van der Waals surface area contributed by atoms with Crippen LogP contribution in [0.2, 0.25) is 0 Å². The maximum atomic E-state index is 12.9. The highest BCUT2D eigenvalue weighted by Crippen LogP contribution is 2.26. The second-order valence-electron chi connectivity index (χ2n) is 2.32. The number of carbonyl (C=O) groups excluding carboxylic acids is 1. The Balaban J connectivity index is 2.99. The van der Waals surface area contributed by atoms with Crippen LogP contribution in [0.1, 0.15) is 13.3 Å². The predicted molar refractivity (Wildman–Crippen MR) is 45.3 cm³/mol. The molecule has 60 valence electrons. The lowest BCUT2D eigenvalue weighted by Crippen LogP contribution is -2.17. The SMILES string of the molecule is CCC1=C(F)C=CC(=O)C1Br. The van der Waals surface area contributed by atoms with Crippen LogP contribution in [0.25, 0.3) is 0 Å². The van der Waals surface area contributed by atoms with Gasteiger partial charge in [-0.05, 0) is 24.1 Å². The van der Waals surface area contributed by atoms with Crippen molar-refractivity contribution in [2.75, 3.05) is 0 Å². The highest BCUT2D eigenvalue weighted by atomic mass is 79.9. The smallest absolute Gasteiger partial charge is 0.173 e. The molecule has 0 aliphatic heterocycles. The van der Waals surface area contributed by atoms with Crippen LogP contribution in [-0.2, 0) is 4.79 Å². The van der Waals surface area contributed by atoms with Crippen molar-refractivity contribution in [3.8, 4) is 0 Å². The number of allylic oxidation sites excluding steroid dienone is 4. The van der Waals surface area contributed by atoms with Crippen molar-refractivity contribution in [3.63, 3.8) is 0 Å². The molecule has 0 radical (unpaired) electrons.